The van der Waals surface area contributed by atoms with E-state index in [0.29, 0.717) is 11.3 Å². The van der Waals surface area contributed by atoms with E-state index in [1.807, 2.05) is 0 Å². The Bertz CT molecular complexity index is 414. The average Bonchev–Trinajstić information content (AvgIpc) is 2.39. The minimum Gasteiger partial charge on any atom is -0.465 e. The Morgan fingerprint density at radius 1 is 1.41 bits per heavy atom. The second-order valence-electron chi connectivity index (χ2n) is 4.00. The highest BCUT2D eigenvalue weighted by Crippen LogP contribution is 2.25. The summed E-state index contributed by atoms with van der Waals surface area (Å²) in [6, 6.07) is 5.24. The number of rotatable bonds is 2. The lowest BCUT2D eigenvalue weighted by Gasteiger charge is -2.30. The van der Waals surface area contributed by atoms with Crippen molar-refractivity contribution in [3.63, 3.8) is 0 Å². The third-order valence-electron chi connectivity index (χ3n) is 2.91. The van der Waals surface area contributed by atoms with Crippen LogP contribution in [0.1, 0.15) is 10.4 Å². The fraction of sp³-hybridized carbons (Fsp3) is 0.417. The van der Waals surface area contributed by atoms with Gasteiger partial charge in [0.25, 0.3) is 0 Å². The van der Waals surface area contributed by atoms with Gasteiger partial charge in [0.05, 0.1) is 24.0 Å². The molecule has 0 unspecified atom stereocenters. The second-order valence-corrected chi connectivity index (χ2v) is 4.00. The van der Waals surface area contributed by atoms with Crippen molar-refractivity contribution >= 4 is 17.3 Å². The summed E-state index contributed by atoms with van der Waals surface area (Å²) in [5.74, 6) is -0.332. The number of nitrogens with two attached hydrogens (primary N) is 1. The molecule has 1 aliphatic heterocycles. The molecule has 0 saturated carbocycles. The van der Waals surface area contributed by atoms with E-state index in [-0.39, 0.29) is 5.97 Å². The van der Waals surface area contributed by atoms with Crippen LogP contribution >= 0.6 is 0 Å². The summed E-state index contributed by atoms with van der Waals surface area (Å²) in [5, 5.41) is 3.28. The Morgan fingerprint density at radius 2 is 2.12 bits per heavy atom. The summed E-state index contributed by atoms with van der Waals surface area (Å²) < 4.78 is 4.71. The molecule has 1 saturated heterocycles. The largest absolute Gasteiger partial charge is 0.465 e. The smallest absolute Gasteiger partial charge is 0.337 e. The van der Waals surface area contributed by atoms with Crippen LogP contribution < -0.4 is 16.0 Å². The molecule has 3 N–H and O–H groups in total. The number of nitrogens with zero attached hydrogens (tertiary/aromatic N) is 1. The number of nitrogens with one attached hydrogen (secondary N) is 1. The number of methoxy groups -OCH3 is 1. The van der Waals surface area contributed by atoms with Crippen molar-refractivity contribution < 1.29 is 9.53 Å². The average molecular weight is 235 g/mol. The summed E-state index contributed by atoms with van der Waals surface area (Å²) >= 11 is 0. The summed E-state index contributed by atoms with van der Waals surface area (Å²) in [6.07, 6.45) is 0. The van der Waals surface area contributed by atoms with Gasteiger partial charge in [-0.1, -0.05) is 0 Å². The van der Waals surface area contributed by atoms with Gasteiger partial charge in [-0.05, 0) is 18.2 Å². The van der Waals surface area contributed by atoms with Crippen LogP contribution in [-0.4, -0.2) is 39.3 Å². The van der Waals surface area contributed by atoms with Gasteiger partial charge in [-0.2, -0.15) is 0 Å². The van der Waals surface area contributed by atoms with E-state index < -0.39 is 0 Å². The number of esters is 1. The number of ether oxygens (including phenoxy) is 1. The lowest BCUT2D eigenvalue weighted by atomic mass is 10.1. The molecule has 1 aliphatic rings. The SMILES string of the molecule is COC(=O)c1ccc(N)c(N2CCNCC2)c1. The number of carbonyl (C=O) groups is 1. The van der Waals surface area contributed by atoms with Crippen molar-refractivity contribution in [2.45, 2.75) is 0 Å². The normalized spacial score (nSPS) is 15.7. The third kappa shape index (κ3) is 2.50. The van der Waals surface area contributed by atoms with E-state index in [1.54, 1.807) is 18.2 Å². The van der Waals surface area contributed by atoms with Gasteiger partial charge in [-0.25, -0.2) is 4.79 Å². The molecule has 17 heavy (non-hydrogen) atoms. The highest BCUT2D eigenvalue weighted by atomic mass is 16.5. The minimum absolute atomic E-state index is 0.332. The molecule has 1 aromatic rings. The zero-order chi connectivity index (χ0) is 12.3. The molecule has 0 bridgehead atoms. The molecule has 92 valence electrons. The summed E-state index contributed by atoms with van der Waals surface area (Å²) in [6.45, 7) is 3.66. The van der Waals surface area contributed by atoms with Crippen LogP contribution in [0.5, 0.6) is 0 Å². The van der Waals surface area contributed by atoms with E-state index in [0.717, 1.165) is 31.9 Å². The molecule has 0 spiro atoms. The fourth-order valence-corrected chi connectivity index (χ4v) is 1.97. The van der Waals surface area contributed by atoms with E-state index in [1.165, 1.54) is 7.11 Å². The Balaban J connectivity index is 2.28. The van der Waals surface area contributed by atoms with Gasteiger partial charge in [0.2, 0.25) is 0 Å². The Labute approximate surface area is 101 Å². The van der Waals surface area contributed by atoms with Gasteiger partial charge in [-0.3, -0.25) is 0 Å². The van der Waals surface area contributed by atoms with Gasteiger partial charge in [0, 0.05) is 26.2 Å². The van der Waals surface area contributed by atoms with Crippen LogP contribution in [0.3, 0.4) is 0 Å². The predicted octanol–water partition coefficient (Wildman–Crippen LogP) is 0.465. The molecule has 5 heteroatoms. The molecule has 5 nitrogen and oxygen atoms in total. The number of carbonyl (C=O) groups excluding carboxylic acids is 1. The van der Waals surface area contributed by atoms with E-state index in [2.05, 4.69) is 10.2 Å². The Kier molecular flexibility index (Phi) is 3.49. The minimum atomic E-state index is -0.332. The van der Waals surface area contributed by atoms with Gasteiger partial charge in [0.15, 0.2) is 0 Å². The maximum absolute atomic E-state index is 11.5. The summed E-state index contributed by atoms with van der Waals surface area (Å²) in [7, 11) is 1.38. The zero-order valence-corrected chi connectivity index (χ0v) is 9.90. The molecule has 1 aromatic carbocycles. The first-order chi connectivity index (χ1) is 8.22. The number of hydrogen-bond donors (Lipinski definition) is 2. The van der Waals surface area contributed by atoms with Crippen molar-refractivity contribution in [2.24, 2.45) is 0 Å². The van der Waals surface area contributed by atoms with Crippen LogP contribution in [0.4, 0.5) is 11.4 Å². The van der Waals surface area contributed by atoms with Gasteiger partial charge < -0.3 is 20.7 Å². The van der Waals surface area contributed by atoms with Crippen LogP contribution in [0, 0.1) is 0 Å². The lowest BCUT2D eigenvalue weighted by Crippen LogP contribution is -2.43. The number of benzene rings is 1. The maximum Gasteiger partial charge on any atom is 0.337 e. The highest BCUT2D eigenvalue weighted by Gasteiger charge is 2.15. The Morgan fingerprint density at radius 3 is 2.76 bits per heavy atom. The van der Waals surface area contributed by atoms with E-state index in [4.69, 9.17) is 10.5 Å². The predicted molar refractivity (Wildman–Crippen MR) is 67.3 cm³/mol. The maximum atomic E-state index is 11.5. The van der Waals surface area contributed by atoms with Crippen LogP contribution in [0.2, 0.25) is 0 Å². The molecule has 0 aliphatic carbocycles. The number of nitrogen functional groups attached to an aromatic ring is 1. The van der Waals surface area contributed by atoms with Crippen molar-refractivity contribution in [2.75, 3.05) is 43.9 Å². The second kappa shape index (κ2) is 5.05. The Hall–Kier alpha value is -1.75. The molecule has 0 aromatic heterocycles. The fourth-order valence-electron chi connectivity index (χ4n) is 1.97. The molecule has 1 fully saturated rings. The summed E-state index contributed by atoms with van der Waals surface area (Å²) in [4.78, 5) is 13.6. The molecule has 0 atom stereocenters. The standard InChI is InChI=1S/C12H17N3O2/c1-17-12(16)9-2-3-10(13)11(8-9)15-6-4-14-5-7-15/h2-3,8,14H,4-7,13H2,1H3. The summed E-state index contributed by atoms with van der Waals surface area (Å²) in [5.41, 5.74) is 8.09. The van der Waals surface area contributed by atoms with Crippen LogP contribution in [0.15, 0.2) is 18.2 Å². The lowest BCUT2D eigenvalue weighted by molar-refractivity contribution is 0.0601. The van der Waals surface area contributed by atoms with Crippen molar-refractivity contribution in [3.05, 3.63) is 23.8 Å². The molecule has 0 radical (unpaired) electrons. The van der Waals surface area contributed by atoms with E-state index >= 15 is 0 Å². The quantitative estimate of drug-likeness (QED) is 0.576. The van der Waals surface area contributed by atoms with E-state index in [9.17, 15) is 4.79 Å². The highest BCUT2D eigenvalue weighted by molar-refractivity contribution is 5.92. The van der Waals surface area contributed by atoms with Gasteiger partial charge in [-0.15, -0.1) is 0 Å². The van der Waals surface area contributed by atoms with Gasteiger partial charge >= 0.3 is 5.97 Å². The number of hydrogen-bond acceptors (Lipinski definition) is 5. The molecule has 0 amide bonds. The third-order valence-corrected chi connectivity index (χ3v) is 2.91. The number of piperazine rings is 1. The van der Waals surface area contributed by atoms with Crippen LogP contribution in [-0.2, 0) is 4.74 Å². The molecular formula is C12H17N3O2. The monoisotopic (exact) mass is 235 g/mol. The topological polar surface area (TPSA) is 67.6 Å². The van der Waals surface area contributed by atoms with Crippen LogP contribution in [0.25, 0.3) is 0 Å². The first kappa shape index (κ1) is 11.7. The van der Waals surface area contributed by atoms with Crippen molar-refractivity contribution in [1.82, 2.24) is 5.32 Å². The van der Waals surface area contributed by atoms with Gasteiger partial charge in [0.1, 0.15) is 0 Å². The van der Waals surface area contributed by atoms with Crippen molar-refractivity contribution in [1.29, 1.82) is 0 Å². The number of anilines is 2. The first-order valence-corrected chi connectivity index (χ1v) is 5.66. The molecule has 2 rings (SSSR count). The zero-order valence-electron chi connectivity index (χ0n) is 9.90. The molecule has 1 heterocycles. The molecular weight excluding hydrogens is 218 g/mol. The van der Waals surface area contributed by atoms with Crippen molar-refractivity contribution in [3.8, 4) is 0 Å². The first-order valence-electron chi connectivity index (χ1n) is 5.66.